The Morgan fingerprint density at radius 1 is 1.32 bits per heavy atom. The van der Waals surface area contributed by atoms with Crippen molar-refractivity contribution < 1.29 is 18.1 Å². The lowest BCUT2D eigenvalue weighted by atomic mass is 10.2. The highest BCUT2D eigenvalue weighted by atomic mass is 32.2. The van der Waals surface area contributed by atoms with Gasteiger partial charge in [0.1, 0.15) is 5.69 Å². The maximum absolute atomic E-state index is 12.6. The van der Waals surface area contributed by atoms with E-state index in [4.69, 9.17) is 4.74 Å². The van der Waals surface area contributed by atoms with Crippen LogP contribution in [0.5, 0.6) is 0 Å². The zero-order valence-electron chi connectivity index (χ0n) is 14.3. The Hall–Kier alpha value is -2.04. The fraction of sp³-hybridized carbons (Fsp3) is 0.533. The molecule has 1 saturated heterocycles. The molecule has 1 aromatic carbocycles. The first-order valence-corrected chi connectivity index (χ1v) is 9.52. The van der Waals surface area contributed by atoms with Crippen molar-refractivity contribution in [3.05, 3.63) is 28.3 Å². The maximum Gasteiger partial charge on any atom is 0.295 e. The van der Waals surface area contributed by atoms with E-state index in [1.165, 1.54) is 16.4 Å². The van der Waals surface area contributed by atoms with Gasteiger partial charge in [-0.15, -0.1) is 0 Å². The topological polar surface area (TPSA) is 114 Å². The Labute approximate surface area is 146 Å². The SMILES string of the molecule is CCC(CC)=NNc1ccc(S(=O)(=O)N2CCOCC2)cc1[N+](=O)[O-]. The maximum atomic E-state index is 12.6. The monoisotopic (exact) mass is 370 g/mol. The number of hydrogen-bond acceptors (Lipinski definition) is 7. The third-order valence-electron chi connectivity index (χ3n) is 3.92. The van der Waals surface area contributed by atoms with Crippen LogP contribution in [-0.2, 0) is 14.8 Å². The zero-order chi connectivity index (χ0) is 18.4. The summed E-state index contributed by atoms with van der Waals surface area (Å²) in [6, 6.07) is 3.80. The fourth-order valence-electron chi connectivity index (χ4n) is 2.40. The average Bonchev–Trinajstić information content (AvgIpc) is 2.63. The molecule has 25 heavy (non-hydrogen) atoms. The summed E-state index contributed by atoms with van der Waals surface area (Å²) < 4.78 is 31.7. The number of ether oxygens (including phenoxy) is 1. The Bertz CT molecular complexity index is 751. The normalized spacial score (nSPS) is 15.6. The lowest BCUT2D eigenvalue weighted by Gasteiger charge is -2.26. The summed E-state index contributed by atoms with van der Waals surface area (Å²) in [6.45, 7) is 4.97. The largest absolute Gasteiger partial charge is 0.379 e. The second-order valence-electron chi connectivity index (χ2n) is 5.45. The summed E-state index contributed by atoms with van der Waals surface area (Å²) in [5, 5.41) is 15.5. The predicted octanol–water partition coefficient (Wildman–Crippen LogP) is 2.20. The van der Waals surface area contributed by atoms with Gasteiger partial charge in [0.15, 0.2) is 0 Å². The zero-order valence-corrected chi connectivity index (χ0v) is 15.1. The molecule has 1 N–H and O–H groups in total. The minimum Gasteiger partial charge on any atom is -0.379 e. The van der Waals surface area contributed by atoms with E-state index in [2.05, 4.69) is 10.5 Å². The third-order valence-corrected chi connectivity index (χ3v) is 5.82. The summed E-state index contributed by atoms with van der Waals surface area (Å²) in [6.07, 6.45) is 1.45. The van der Waals surface area contributed by atoms with Crippen molar-refractivity contribution in [2.45, 2.75) is 31.6 Å². The molecular formula is C15H22N4O5S. The highest BCUT2D eigenvalue weighted by Crippen LogP contribution is 2.29. The number of morpholine rings is 1. The van der Waals surface area contributed by atoms with E-state index in [9.17, 15) is 18.5 Å². The summed E-state index contributed by atoms with van der Waals surface area (Å²) >= 11 is 0. The molecule has 0 aliphatic carbocycles. The standard InChI is InChI=1S/C15H22N4O5S/c1-3-12(4-2)16-17-14-6-5-13(11-15(14)19(20)21)25(22,23)18-7-9-24-10-8-18/h5-6,11,17H,3-4,7-10H2,1-2H3. The predicted molar refractivity (Wildman–Crippen MR) is 94.3 cm³/mol. The lowest BCUT2D eigenvalue weighted by Crippen LogP contribution is -2.40. The van der Waals surface area contributed by atoms with E-state index >= 15 is 0 Å². The Morgan fingerprint density at radius 2 is 1.96 bits per heavy atom. The highest BCUT2D eigenvalue weighted by molar-refractivity contribution is 7.89. The summed E-state index contributed by atoms with van der Waals surface area (Å²) in [5.74, 6) is 0. The van der Waals surface area contributed by atoms with Gasteiger partial charge in [-0.25, -0.2) is 8.42 Å². The molecule has 0 spiro atoms. The number of nitro benzene ring substituents is 1. The molecule has 0 amide bonds. The summed E-state index contributed by atoms with van der Waals surface area (Å²) in [7, 11) is -3.79. The molecule has 0 aromatic heterocycles. The fourth-order valence-corrected chi connectivity index (χ4v) is 3.83. The molecule has 138 valence electrons. The number of nitro groups is 1. The van der Waals surface area contributed by atoms with E-state index in [-0.39, 0.29) is 29.4 Å². The van der Waals surface area contributed by atoms with Gasteiger partial charge in [-0.05, 0) is 25.0 Å². The molecule has 0 atom stereocenters. The molecule has 10 heteroatoms. The van der Waals surface area contributed by atoms with E-state index in [1.54, 1.807) is 0 Å². The molecule has 1 aromatic rings. The van der Waals surface area contributed by atoms with Crippen molar-refractivity contribution in [2.24, 2.45) is 5.10 Å². The minimum absolute atomic E-state index is 0.109. The molecule has 1 fully saturated rings. The molecule has 0 unspecified atom stereocenters. The van der Waals surface area contributed by atoms with Crippen LogP contribution in [0.3, 0.4) is 0 Å². The first-order chi connectivity index (χ1) is 11.9. The van der Waals surface area contributed by atoms with Crippen LogP contribution in [0.25, 0.3) is 0 Å². The van der Waals surface area contributed by atoms with Crippen LogP contribution in [0.15, 0.2) is 28.2 Å². The van der Waals surface area contributed by atoms with Crippen LogP contribution in [0.2, 0.25) is 0 Å². The van der Waals surface area contributed by atoms with Crippen LogP contribution < -0.4 is 5.43 Å². The van der Waals surface area contributed by atoms with Crippen LogP contribution in [0.4, 0.5) is 11.4 Å². The van der Waals surface area contributed by atoms with Gasteiger partial charge >= 0.3 is 0 Å². The molecule has 1 heterocycles. The molecule has 1 aliphatic rings. The Morgan fingerprint density at radius 3 is 2.52 bits per heavy atom. The molecule has 0 bridgehead atoms. The number of rotatable bonds is 7. The second kappa shape index (κ2) is 8.37. The number of hydrogen-bond donors (Lipinski definition) is 1. The van der Waals surface area contributed by atoms with Crippen molar-refractivity contribution in [2.75, 3.05) is 31.7 Å². The molecule has 0 radical (unpaired) electrons. The van der Waals surface area contributed by atoms with E-state index < -0.39 is 14.9 Å². The van der Waals surface area contributed by atoms with Gasteiger partial charge < -0.3 is 4.74 Å². The van der Waals surface area contributed by atoms with Gasteiger partial charge in [-0.1, -0.05) is 13.8 Å². The van der Waals surface area contributed by atoms with Crippen LogP contribution in [0, 0.1) is 10.1 Å². The molecule has 1 aliphatic heterocycles. The minimum atomic E-state index is -3.79. The molecule has 9 nitrogen and oxygen atoms in total. The van der Waals surface area contributed by atoms with Gasteiger partial charge in [0.2, 0.25) is 10.0 Å². The van der Waals surface area contributed by atoms with Crippen molar-refractivity contribution in [1.29, 1.82) is 0 Å². The Balaban J connectivity index is 2.35. The summed E-state index contributed by atoms with van der Waals surface area (Å²) in [4.78, 5) is 10.6. The van der Waals surface area contributed by atoms with Crippen LogP contribution >= 0.6 is 0 Å². The van der Waals surface area contributed by atoms with Gasteiger partial charge in [-0.3, -0.25) is 15.5 Å². The lowest BCUT2D eigenvalue weighted by molar-refractivity contribution is -0.384. The Kier molecular flexibility index (Phi) is 6.45. The van der Waals surface area contributed by atoms with Gasteiger partial charge in [0.25, 0.3) is 5.69 Å². The summed E-state index contributed by atoms with van der Waals surface area (Å²) in [5.41, 5.74) is 3.36. The number of nitrogens with one attached hydrogen (secondary N) is 1. The van der Waals surface area contributed by atoms with E-state index in [1.807, 2.05) is 13.8 Å². The van der Waals surface area contributed by atoms with Crippen LogP contribution in [-0.4, -0.2) is 49.7 Å². The second-order valence-corrected chi connectivity index (χ2v) is 7.39. The van der Waals surface area contributed by atoms with Crippen LogP contribution in [0.1, 0.15) is 26.7 Å². The van der Waals surface area contributed by atoms with Crippen molar-refractivity contribution in [3.8, 4) is 0 Å². The number of sulfonamides is 1. The number of hydrazone groups is 1. The average molecular weight is 370 g/mol. The van der Waals surface area contributed by atoms with Crippen molar-refractivity contribution >= 4 is 27.1 Å². The molecule has 0 saturated carbocycles. The van der Waals surface area contributed by atoms with Crippen molar-refractivity contribution in [1.82, 2.24) is 4.31 Å². The molecule has 2 rings (SSSR count). The first kappa shape index (κ1) is 19.3. The van der Waals surface area contributed by atoms with Gasteiger partial charge in [-0.2, -0.15) is 9.41 Å². The van der Waals surface area contributed by atoms with Crippen molar-refractivity contribution in [3.63, 3.8) is 0 Å². The first-order valence-electron chi connectivity index (χ1n) is 8.08. The number of nitrogens with zero attached hydrogens (tertiary/aromatic N) is 3. The smallest absolute Gasteiger partial charge is 0.295 e. The van der Waals surface area contributed by atoms with Gasteiger partial charge in [0.05, 0.1) is 23.0 Å². The molecular weight excluding hydrogens is 348 g/mol. The van der Waals surface area contributed by atoms with Gasteiger partial charge in [0, 0.05) is 24.9 Å². The quantitative estimate of drug-likeness (QED) is 0.447. The van der Waals surface area contributed by atoms with E-state index in [0.29, 0.717) is 13.2 Å². The third kappa shape index (κ3) is 4.53. The highest BCUT2D eigenvalue weighted by Gasteiger charge is 2.28. The number of anilines is 1. The van der Waals surface area contributed by atoms with E-state index in [0.717, 1.165) is 24.6 Å². The number of benzene rings is 1.